The van der Waals surface area contributed by atoms with E-state index in [0.29, 0.717) is 11.5 Å². The largest absolute Gasteiger partial charge is 0.394 e. The zero-order valence-corrected chi connectivity index (χ0v) is 13.5. The molecule has 1 aliphatic carbocycles. The molecule has 0 unspecified atom stereocenters. The number of urea groups is 1. The van der Waals surface area contributed by atoms with Crippen LogP contribution in [-0.4, -0.2) is 39.9 Å². The molecular formula is C16H23N3O5. The highest BCUT2D eigenvalue weighted by Crippen LogP contribution is 2.33. The Morgan fingerprint density at radius 2 is 1.96 bits per heavy atom. The van der Waals surface area contributed by atoms with Gasteiger partial charge in [0.25, 0.3) is 5.69 Å². The molecule has 8 heteroatoms. The summed E-state index contributed by atoms with van der Waals surface area (Å²) in [6, 6.07) is 4.01. The van der Waals surface area contributed by atoms with Crippen molar-refractivity contribution < 1.29 is 19.9 Å². The minimum Gasteiger partial charge on any atom is -0.394 e. The van der Waals surface area contributed by atoms with Gasteiger partial charge >= 0.3 is 6.03 Å². The zero-order valence-electron chi connectivity index (χ0n) is 13.5. The molecule has 4 N–H and O–H groups in total. The lowest BCUT2D eigenvalue weighted by Crippen LogP contribution is -2.49. The van der Waals surface area contributed by atoms with Gasteiger partial charge in [0.15, 0.2) is 0 Å². The Balaban J connectivity index is 1.90. The second kappa shape index (κ2) is 8.07. The number of benzene rings is 1. The Morgan fingerprint density at radius 1 is 1.33 bits per heavy atom. The number of hydrogen-bond acceptors (Lipinski definition) is 5. The number of amides is 2. The van der Waals surface area contributed by atoms with Gasteiger partial charge in [-0.1, -0.05) is 12.8 Å². The standard InChI is InChI=1S/C16H23N3O5/c1-10(8-11-2-3-11)17-16(22)18-14(9-20)15(21)12-4-6-13(7-5-12)19(23)24/h4-7,10-11,14-15,20-21H,2-3,8-9H2,1H3,(H2,17,18,22)/t10-,14+,15-/m1/s1. The first-order valence-corrected chi connectivity index (χ1v) is 8.01. The van der Waals surface area contributed by atoms with Crippen LogP contribution < -0.4 is 10.6 Å². The molecular weight excluding hydrogens is 314 g/mol. The SMILES string of the molecule is C[C@H](CC1CC1)NC(=O)N[C@@H](CO)[C@H](O)c1ccc([N+](=O)[O-])cc1. The summed E-state index contributed by atoms with van der Waals surface area (Å²) in [4.78, 5) is 22.1. The smallest absolute Gasteiger partial charge is 0.315 e. The normalized spacial score (nSPS) is 17.6. The van der Waals surface area contributed by atoms with Crippen molar-refractivity contribution >= 4 is 11.7 Å². The summed E-state index contributed by atoms with van der Waals surface area (Å²) in [7, 11) is 0. The first-order chi connectivity index (χ1) is 11.4. The Labute approximate surface area is 140 Å². The summed E-state index contributed by atoms with van der Waals surface area (Å²) >= 11 is 0. The Morgan fingerprint density at radius 3 is 2.46 bits per heavy atom. The molecule has 2 rings (SSSR count). The number of aliphatic hydroxyl groups is 2. The van der Waals surface area contributed by atoms with Crippen LogP contribution in [0.5, 0.6) is 0 Å². The number of nitro groups is 1. The van der Waals surface area contributed by atoms with Gasteiger partial charge < -0.3 is 20.8 Å². The van der Waals surface area contributed by atoms with Crippen LogP contribution in [0, 0.1) is 16.0 Å². The van der Waals surface area contributed by atoms with Crippen molar-refractivity contribution in [3.63, 3.8) is 0 Å². The second-order valence-electron chi connectivity index (χ2n) is 6.28. The Kier molecular flexibility index (Phi) is 6.10. The van der Waals surface area contributed by atoms with Crippen LogP contribution in [0.1, 0.15) is 37.9 Å². The van der Waals surface area contributed by atoms with Crippen LogP contribution in [0.3, 0.4) is 0 Å². The van der Waals surface area contributed by atoms with Gasteiger partial charge in [0.2, 0.25) is 0 Å². The van der Waals surface area contributed by atoms with Crippen LogP contribution in [0.15, 0.2) is 24.3 Å². The first kappa shape index (κ1) is 18.2. The third-order valence-electron chi connectivity index (χ3n) is 4.10. The van der Waals surface area contributed by atoms with Gasteiger partial charge in [-0.3, -0.25) is 10.1 Å². The van der Waals surface area contributed by atoms with E-state index in [1.54, 1.807) is 0 Å². The molecule has 0 heterocycles. The molecule has 0 spiro atoms. The van der Waals surface area contributed by atoms with Crippen molar-refractivity contribution in [2.45, 2.75) is 44.4 Å². The van der Waals surface area contributed by atoms with Crippen molar-refractivity contribution in [1.82, 2.24) is 10.6 Å². The van der Waals surface area contributed by atoms with E-state index in [2.05, 4.69) is 10.6 Å². The highest BCUT2D eigenvalue weighted by molar-refractivity contribution is 5.74. The van der Waals surface area contributed by atoms with Gasteiger partial charge in [0.05, 0.1) is 17.6 Å². The number of carbonyl (C=O) groups is 1. The summed E-state index contributed by atoms with van der Waals surface area (Å²) in [6.07, 6.45) is 2.15. The Hall–Kier alpha value is -2.19. The van der Waals surface area contributed by atoms with Crippen LogP contribution in [0.4, 0.5) is 10.5 Å². The van der Waals surface area contributed by atoms with Gasteiger partial charge in [-0.05, 0) is 37.0 Å². The van der Waals surface area contributed by atoms with Crippen molar-refractivity contribution in [3.05, 3.63) is 39.9 Å². The molecule has 1 aliphatic rings. The number of carbonyl (C=O) groups excluding carboxylic acids is 1. The molecule has 8 nitrogen and oxygen atoms in total. The number of nitrogens with one attached hydrogen (secondary N) is 2. The van der Waals surface area contributed by atoms with Gasteiger partial charge in [-0.15, -0.1) is 0 Å². The molecule has 1 aromatic rings. The van der Waals surface area contributed by atoms with Gasteiger partial charge in [-0.25, -0.2) is 4.79 Å². The summed E-state index contributed by atoms with van der Waals surface area (Å²) < 4.78 is 0. The molecule has 1 aromatic carbocycles. The average molecular weight is 337 g/mol. The van der Waals surface area contributed by atoms with Crippen molar-refractivity contribution in [2.75, 3.05) is 6.61 Å². The number of rotatable bonds is 8. The molecule has 1 saturated carbocycles. The predicted octanol–water partition coefficient (Wildman–Crippen LogP) is 1.48. The fourth-order valence-electron chi connectivity index (χ4n) is 2.60. The van der Waals surface area contributed by atoms with E-state index in [9.17, 15) is 25.1 Å². The van der Waals surface area contributed by atoms with E-state index in [-0.39, 0.29) is 11.7 Å². The molecule has 3 atom stereocenters. The van der Waals surface area contributed by atoms with E-state index < -0.39 is 29.7 Å². The maximum Gasteiger partial charge on any atom is 0.315 e. The summed E-state index contributed by atoms with van der Waals surface area (Å²) in [5.74, 6) is 0.680. The zero-order chi connectivity index (χ0) is 17.7. The molecule has 24 heavy (non-hydrogen) atoms. The van der Waals surface area contributed by atoms with E-state index in [1.807, 2.05) is 6.92 Å². The van der Waals surface area contributed by atoms with Crippen LogP contribution in [0.25, 0.3) is 0 Å². The average Bonchev–Trinajstić information content (AvgIpc) is 3.35. The summed E-state index contributed by atoms with van der Waals surface area (Å²) in [5.41, 5.74) is 0.289. The van der Waals surface area contributed by atoms with E-state index in [4.69, 9.17) is 0 Å². The molecule has 0 aliphatic heterocycles. The van der Waals surface area contributed by atoms with Crippen LogP contribution in [-0.2, 0) is 0 Å². The lowest BCUT2D eigenvalue weighted by Gasteiger charge is -2.24. The topological polar surface area (TPSA) is 125 Å². The van der Waals surface area contributed by atoms with Crippen LogP contribution >= 0.6 is 0 Å². The van der Waals surface area contributed by atoms with Gasteiger partial charge in [0.1, 0.15) is 6.10 Å². The number of non-ortho nitro benzene ring substituents is 1. The lowest BCUT2D eigenvalue weighted by atomic mass is 10.0. The predicted molar refractivity (Wildman–Crippen MR) is 87.4 cm³/mol. The van der Waals surface area contributed by atoms with E-state index in [0.717, 1.165) is 6.42 Å². The molecule has 0 saturated heterocycles. The number of nitrogens with zero attached hydrogens (tertiary/aromatic N) is 1. The molecule has 0 radical (unpaired) electrons. The summed E-state index contributed by atoms with van der Waals surface area (Å²) in [6.45, 7) is 1.46. The molecule has 132 valence electrons. The van der Waals surface area contributed by atoms with E-state index in [1.165, 1.54) is 37.1 Å². The minimum absolute atomic E-state index is 0.0216. The second-order valence-corrected chi connectivity index (χ2v) is 6.28. The van der Waals surface area contributed by atoms with Crippen LogP contribution in [0.2, 0.25) is 0 Å². The lowest BCUT2D eigenvalue weighted by molar-refractivity contribution is -0.384. The van der Waals surface area contributed by atoms with Crippen molar-refractivity contribution in [2.24, 2.45) is 5.92 Å². The third kappa shape index (κ3) is 5.17. The molecule has 0 aromatic heterocycles. The fourth-order valence-corrected chi connectivity index (χ4v) is 2.60. The summed E-state index contributed by atoms with van der Waals surface area (Å²) in [5, 5.41) is 35.7. The fraction of sp³-hybridized carbons (Fsp3) is 0.562. The van der Waals surface area contributed by atoms with E-state index >= 15 is 0 Å². The van der Waals surface area contributed by atoms with Gasteiger partial charge in [-0.2, -0.15) is 0 Å². The van der Waals surface area contributed by atoms with Crippen molar-refractivity contribution in [1.29, 1.82) is 0 Å². The first-order valence-electron chi connectivity index (χ1n) is 8.01. The minimum atomic E-state index is -1.17. The van der Waals surface area contributed by atoms with Crippen molar-refractivity contribution in [3.8, 4) is 0 Å². The molecule has 0 bridgehead atoms. The number of aliphatic hydroxyl groups excluding tert-OH is 2. The Bertz CT molecular complexity index is 574. The number of nitro benzene ring substituents is 1. The molecule has 1 fully saturated rings. The monoisotopic (exact) mass is 337 g/mol. The quantitative estimate of drug-likeness (QED) is 0.422. The molecule has 2 amide bonds. The third-order valence-corrected chi connectivity index (χ3v) is 4.10. The maximum absolute atomic E-state index is 12.0. The number of hydrogen-bond donors (Lipinski definition) is 4. The van der Waals surface area contributed by atoms with Gasteiger partial charge in [0, 0.05) is 18.2 Å². The highest BCUT2D eigenvalue weighted by atomic mass is 16.6. The highest BCUT2D eigenvalue weighted by Gasteiger charge is 2.26. The maximum atomic E-state index is 12.0.